The monoisotopic (exact) mass is 345 g/mol. The average molecular weight is 345 g/mol. The number of anilines is 1. The molecule has 0 bridgehead atoms. The molecule has 0 saturated heterocycles. The molecule has 0 saturated carbocycles. The van der Waals surface area contributed by atoms with E-state index in [1.807, 2.05) is 39.0 Å². The summed E-state index contributed by atoms with van der Waals surface area (Å²) in [5, 5.41) is 3.06. The number of aryl methyl sites for hydroxylation is 2. The van der Waals surface area contributed by atoms with Crippen molar-refractivity contribution < 1.29 is 4.79 Å². The highest BCUT2D eigenvalue weighted by atomic mass is 32.2. The number of amides is 1. The number of nitrogens with one attached hydrogen (secondary N) is 2. The van der Waals surface area contributed by atoms with E-state index in [2.05, 4.69) is 15.3 Å². The molecule has 128 valence electrons. The largest absolute Gasteiger partial charge is 0.325 e. The first kappa shape index (κ1) is 18.3. The fraction of sp³-hybridized carbons (Fsp3) is 0.389. The van der Waals surface area contributed by atoms with Crippen LogP contribution >= 0.6 is 11.8 Å². The number of hydrogen-bond donors (Lipinski definition) is 2. The van der Waals surface area contributed by atoms with Crippen molar-refractivity contribution in [2.45, 2.75) is 50.9 Å². The van der Waals surface area contributed by atoms with Crippen molar-refractivity contribution in [3.05, 3.63) is 51.4 Å². The molecular weight excluding hydrogens is 322 g/mol. The maximum Gasteiger partial charge on any atom is 0.251 e. The summed E-state index contributed by atoms with van der Waals surface area (Å²) in [6.07, 6.45) is 1.67. The summed E-state index contributed by atoms with van der Waals surface area (Å²) in [4.78, 5) is 31.2. The molecule has 0 fully saturated rings. The fourth-order valence-electron chi connectivity index (χ4n) is 2.27. The summed E-state index contributed by atoms with van der Waals surface area (Å²) in [6.45, 7) is 7.83. The molecule has 6 heteroatoms. The number of rotatable bonds is 6. The van der Waals surface area contributed by atoms with Crippen molar-refractivity contribution in [1.82, 2.24) is 9.97 Å². The van der Waals surface area contributed by atoms with Gasteiger partial charge in [0, 0.05) is 17.4 Å². The summed E-state index contributed by atoms with van der Waals surface area (Å²) < 4.78 is 0. The van der Waals surface area contributed by atoms with Gasteiger partial charge in [-0.25, -0.2) is 4.98 Å². The first-order valence-corrected chi connectivity index (χ1v) is 8.92. The molecule has 0 spiro atoms. The molecule has 0 aliphatic heterocycles. The molecule has 1 aromatic heterocycles. The summed E-state index contributed by atoms with van der Waals surface area (Å²) >= 11 is 1.26. The predicted octanol–water partition coefficient (Wildman–Crippen LogP) is 3.46. The number of aromatic nitrogens is 2. The Morgan fingerprint density at radius 2 is 2.12 bits per heavy atom. The van der Waals surface area contributed by atoms with Gasteiger partial charge in [-0.05, 0) is 44.4 Å². The summed E-state index contributed by atoms with van der Waals surface area (Å²) in [6, 6.07) is 7.33. The number of benzene rings is 1. The van der Waals surface area contributed by atoms with Gasteiger partial charge in [-0.15, -0.1) is 0 Å². The van der Waals surface area contributed by atoms with Gasteiger partial charge in [0.05, 0.1) is 5.25 Å². The van der Waals surface area contributed by atoms with Gasteiger partial charge >= 0.3 is 0 Å². The van der Waals surface area contributed by atoms with Gasteiger partial charge in [0.2, 0.25) is 5.91 Å². The van der Waals surface area contributed by atoms with Gasteiger partial charge in [-0.2, -0.15) is 0 Å². The first-order valence-electron chi connectivity index (χ1n) is 8.04. The smallest absolute Gasteiger partial charge is 0.251 e. The van der Waals surface area contributed by atoms with Crippen LogP contribution in [0.25, 0.3) is 0 Å². The highest BCUT2D eigenvalue weighted by Crippen LogP contribution is 2.22. The van der Waals surface area contributed by atoms with Crippen LogP contribution < -0.4 is 10.9 Å². The second kappa shape index (κ2) is 8.15. The van der Waals surface area contributed by atoms with E-state index in [0.717, 1.165) is 35.3 Å². The Balaban J connectivity index is 2.09. The second-order valence-electron chi connectivity index (χ2n) is 5.79. The standard InChI is InChI=1S/C18H23N3O2S/c1-5-7-14-10-16(22)21-18(19-14)24-13(4)17(23)20-15-9-6-8-11(2)12(15)3/h6,8-10,13H,5,7H2,1-4H3,(H,20,23)(H,19,21,22)/t13-/m0/s1. The molecule has 1 aromatic carbocycles. The van der Waals surface area contributed by atoms with Gasteiger partial charge in [0.1, 0.15) is 0 Å². The van der Waals surface area contributed by atoms with Crippen LogP contribution in [0.2, 0.25) is 0 Å². The quantitative estimate of drug-likeness (QED) is 0.621. The van der Waals surface area contributed by atoms with E-state index in [1.54, 1.807) is 6.92 Å². The Bertz CT molecular complexity index is 786. The number of hydrogen-bond acceptors (Lipinski definition) is 4. The van der Waals surface area contributed by atoms with E-state index in [4.69, 9.17) is 0 Å². The van der Waals surface area contributed by atoms with Gasteiger partial charge in [-0.1, -0.05) is 37.2 Å². The minimum Gasteiger partial charge on any atom is -0.325 e. The van der Waals surface area contributed by atoms with Crippen LogP contribution in [0.3, 0.4) is 0 Å². The SMILES string of the molecule is CCCc1cc(=O)[nH]c(S[C@@H](C)C(=O)Nc2cccc(C)c2C)n1. The number of nitrogens with zero attached hydrogens (tertiary/aromatic N) is 1. The Morgan fingerprint density at radius 1 is 1.38 bits per heavy atom. The lowest BCUT2D eigenvalue weighted by atomic mass is 10.1. The molecule has 24 heavy (non-hydrogen) atoms. The fourth-order valence-corrected chi connectivity index (χ4v) is 3.10. The summed E-state index contributed by atoms with van der Waals surface area (Å²) in [7, 11) is 0. The van der Waals surface area contributed by atoms with Crippen LogP contribution in [0.5, 0.6) is 0 Å². The minimum atomic E-state index is -0.370. The molecule has 2 rings (SSSR count). The Labute approximate surface area is 146 Å². The normalized spacial score (nSPS) is 12.0. The van der Waals surface area contributed by atoms with Crippen LogP contribution in [0.15, 0.2) is 34.2 Å². The minimum absolute atomic E-state index is 0.114. The molecule has 0 aliphatic carbocycles. The number of aromatic amines is 1. The third-order valence-corrected chi connectivity index (χ3v) is 4.78. The molecule has 1 heterocycles. The van der Waals surface area contributed by atoms with E-state index in [1.165, 1.54) is 17.8 Å². The van der Waals surface area contributed by atoms with Crippen LogP contribution in [-0.2, 0) is 11.2 Å². The third-order valence-electron chi connectivity index (χ3n) is 3.80. The molecular formula is C18H23N3O2S. The van der Waals surface area contributed by atoms with Crippen LogP contribution in [0, 0.1) is 13.8 Å². The van der Waals surface area contributed by atoms with Crippen molar-refractivity contribution in [3.63, 3.8) is 0 Å². The lowest BCUT2D eigenvalue weighted by molar-refractivity contribution is -0.115. The molecule has 0 radical (unpaired) electrons. The predicted molar refractivity (Wildman–Crippen MR) is 98.7 cm³/mol. The zero-order valence-corrected chi connectivity index (χ0v) is 15.3. The zero-order chi connectivity index (χ0) is 17.7. The Hall–Kier alpha value is -2.08. The number of H-pyrrole nitrogens is 1. The summed E-state index contributed by atoms with van der Waals surface area (Å²) in [5.74, 6) is -0.114. The maximum absolute atomic E-state index is 12.4. The highest BCUT2D eigenvalue weighted by molar-refractivity contribution is 8.00. The summed E-state index contributed by atoms with van der Waals surface area (Å²) in [5.41, 5.74) is 3.57. The number of carbonyl (C=O) groups excluding carboxylic acids is 1. The molecule has 2 N–H and O–H groups in total. The van der Waals surface area contributed by atoms with Crippen LogP contribution in [0.1, 0.15) is 37.1 Å². The van der Waals surface area contributed by atoms with E-state index in [-0.39, 0.29) is 16.7 Å². The first-order chi connectivity index (χ1) is 11.4. The van der Waals surface area contributed by atoms with E-state index >= 15 is 0 Å². The second-order valence-corrected chi connectivity index (χ2v) is 7.12. The molecule has 2 aromatic rings. The van der Waals surface area contributed by atoms with Crippen LogP contribution in [0.4, 0.5) is 5.69 Å². The molecule has 5 nitrogen and oxygen atoms in total. The van der Waals surface area contributed by atoms with E-state index in [9.17, 15) is 9.59 Å². The van der Waals surface area contributed by atoms with Crippen molar-refractivity contribution in [1.29, 1.82) is 0 Å². The van der Waals surface area contributed by atoms with Gasteiger partial charge < -0.3 is 10.3 Å². The number of carbonyl (C=O) groups is 1. The lowest BCUT2D eigenvalue weighted by Gasteiger charge is -2.14. The Morgan fingerprint density at radius 3 is 2.83 bits per heavy atom. The van der Waals surface area contributed by atoms with Crippen molar-refractivity contribution >= 4 is 23.4 Å². The molecule has 0 aliphatic rings. The Kier molecular flexibility index (Phi) is 6.20. The molecule has 1 amide bonds. The van der Waals surface area contributed by atoms with Crippen molar-refractivity contribution in [3.8, 4) is 0 Å². The van der Waals surface area contributed by atoms with Crippen molar-refractivity contribution in [2.24, 2.45) is 0 Å². The number of thioether (sulfide) groups is 1. The van der Waals surface area contributed by atoms with Crippen molar-refractivity contribution in [2.75, 3.05) is 5.32 Å². The van der Waals surface area contributed by atoms with E-state index < -0.39 is 0 Å². The average Bonchev–Trinajstić information content (AvgIpc) is 2.51. The zero-order valence-electron chi connectivity index (χ0n) is 14.5. The topological polar surface area (TPSA) is 74.8 Å². The van der Waals surface area contributed by atoms with Crippen LogP contribution in [-0.4, -0.2) is 21.1 Å². The van der Waals surface area contributed by atoms with Gasteiger partial charge in [-0.3, -0.25) is 9.59 Å². The van der Waals surface area contributed by atoms with Gasteiger partial charge in [0.15, 0.2) is 5.16 Å². The molecule has 1 atom stereocenters. The maximum atomic E-state index is 12.4. The molecule has 0 unspecified atom stereocenters. The van der Waals surface area contributed by atoms with E-state index in [0.29, 0.717) is 5.16 Å². The highest BCUT2D eigenvalue weighted by Gasteiger charge is 2.17. The lowest BCUT2D eigenvalue weighted by Crippen LogP contribution is -2.24. The van der Waals surface area contributed by atoms with Gasteiger partial charge in [0.25, 0.3) is 5.56 Å². The third kappa shape index (κ3) is 4.71.